The van der Waals surface area contributed by atoms with Crippen molar-refractivity contribution in [1.29, 1.82) is 0 Å². The summed E-state index contributed by atoms with van der Waals surface area (Å²) in [6, 6.07) is 0. The number of aliphatic hydroxyl groups excluding tert-OH is 1. The monoisotopic (exact) mass is 255 g/mol. The van der Waals surface area contributed by atoms with E-state index in [9.17, 15) is 4.79 Å². The van der Waals surface area contributed by atoms with Crippen molar-refractivity contribution >= 4 is 5.91 Å². The van der Waals surface area contributed by atoms with Gasteiger partial charge in [-0.15, -0.1) is 5.10 Å². The molecule has 1 rings (SSSR count). The molecule has 0 unspecified atom stereocenters. The molecule has 0 fully saturated rings. The Kier molecular flexibility index (Phi) is 6.31. The quantitative estimate of drug-likeness (QED) is 0.602. The van der Waals surface area contributed by atoms with Crippen LogP contribution in [0.15, 0.2) is 6.20 Å². The van der Waals surface area contributed by atoms with Gasteiger partial charge in [0.2, 0.25) is 5.91 Å². The van der Waals surface area contributed by atoms with Crippen molar-refractivity contribution in [2.45, 2.75) is 32.4 Å². The van der Waals surface area contributed by atoms with Gasteiger partial charge in [0, 0.05) is 26.7 Å². The van der Waals surface area contributed by atoms with E-state index in [0.29, 0.717) is 18.8 Å². The van der Waals surface area contributed by atoms with Gasteiger partial charge >= 0.3 is 0 Å². The Morgan fingerprint density at radius 2 is 2.28 bits per heavy atom. The van der Waals surface area contributed by atoms with Crippen molar-refractivity contribution in [3.8, 4) is 0 Å². The van der Waals surface area contributed by atoms with E-state index in [1.807, 2.05) is 0 Å². The molecule has 0 aliphatic heterocycles. The Bertz CT molecular complexity index is 366. The highest BCUT2D eigenvalue weighted by molar-refractivity contribution is 5.75. The molecule has 0 spiro atoms. The zero-order chi connectivity index (χ0) is 13.4. The molecule has 0 aliphatic carbocycles. The van der Waals surface area contributed by atoms with Gasteiger partial charge in [-0.2, -0.15) is 0 Å². The van der Waals surface area contributed by atoms with E-state index < -0.39 is 0 Å². The second-order valence-electron chi connectivity index (χ2n) is 4.21. The molecular formula is C11H21N5O2. The maximum absolute atomic E-state index is 11.8. The minimum absolute atomic E-state index is 0.00697. The number of carbonyl (C=O) groups is 1. The molecule has 7 nitrogen and oxygen atoms in total. The molecule has 1 aromatic rings. The molecule has 0 aliphatic rings. The topological polar surface area (TPSA) is 97.3 Å². The molecule has 0 saturated carbocycles. The summed E-state index contributed by atoms with van der Waals surface area (Å²) in [4.78, 5) is 13.5. The molecule has 0 radical (unpaired) electrons. The number of carbonyl (C=O) groups excluding carboxylic acids is 1. The Balaban J connectivity index is 2.30. The van der Waals surface area contributed by atoms with E-state index in [4.69, 9.17) is 10.8 Å². The van der Waals surface area contributed by atoms with Gasteiger partial charge in [-0.3, -0.25) is 4.79 Å². The number of rotatable bonds is 8. The number of aliphatic hydroxyl groups is 1. The molecule has 1 aromatic heterocycles. The number of aromatic nitrogens is 3. The third kappa shape index (κ3) is 4.80. The zero-order valence-electron chi connectivity index (χ0n) is 10.7. The number of nitrogens with two attached hydrogens (primary N) is 1. The van der Waals surface area contributed by atoms with Crippen LogP contribution in [0.5, 0.6) is 0 Å². The molecule has 1 amide bonds. The van der Waals surface area contributed by atoms with Gasteiger partial charge < -0.3 is 15.7 Å². The van der Waals surface area contributed by atoms with Crippen LogP contribution >= 0.6 is 0 Å². The molecule has 0 aromatic carbocycles. The predicted octanol–water partition coefficient (Wildman–Crippen LogP) is -0.642. The van der Waals surface area contributed by atoms with Crippen molar-refractivity contribution < 1.29 is 9.90 Å². The fourth-order valence-corrected chi connectivity index (χ4v) is 1.53. The molecule has 7 heteroatoms. The van der Waals surface area contributed by atoms with Crippen molar-refractivity contribution in [1.82, 2.24) is 19.9 Å². The van der Waals surface area contributed by atoms with Crippen molar-refractivity contribution in [3.63, 3.8) is 0 Å². The molecule has 3 N–H and O–H groups in total. The maximum Gasteiger partial charge on any atom is 0.244 e. The average Bonchev–Trinajstić information content (AvgIpc) is 2.82. The molecular weight excluding hydrogens is 234 g/mol. The second kappa shape index (κ2) is 7.78. The van der Waals surface area contributed by atoms with Gasteiger partial charge in [-0.25, -0.2) is 4.68 Å². The molecule has 0 atom stereocenters. The van der Waals surface area contributed by atoms with Crippen LogP contribution in [0.4, 0.5) is 0 Å². The lowest BCUT2D eigenvalue weighted by atomic mass is 10.2. The molecule has 0 bridgehead atoms. The Hall–Kier alpha value is -1.47. The number of amides is 1. The number of hydrogen-bond donors (Lipinski definition) is 2. The molecule has 1 heterocycles. The number of hydrogen-bond acceptors (Lipinski definition) is 5. The summed E-state index contributed by atoms with van der Waals surface area (Å²) in [7, 11) is 1.77. The van der Waals surface area contributed by atoms with E-state index >= 15 is 0 Å². The van der Waals surface area contributed by atoms with Gasteiger partial charge in [0.05, 0.1) is 11.9 Å². The third-order valence-corrected chi connectivity index (χ3v) is 2.67. The fraction of sp³-hybridized carbons (Fsp3) is 0.727. The highest BCUT2D eigenvalue weighted by atomic mass is 16.2. The predicted molar refractivity (Wildman–Crippen MR) is 66.5 cm³/mol. The second-order valence-corrected chi connectivity index (χ2v) is 4.21. The van der Waals surface area contributed by atoms with Crippen LogP contribution in [0.25, 0.3) is 0 Å². The van der Waals surface area contributed by atoms with E-state index in [-0.39, 0.29) is 19.1 Å². The smallest absolute Gasteiger partial charge is 0.244 e. The average molecular weight is 255 g/mol. The van der Waals surface area contributed by atoms with Gasteiger partial charge in [-0.05, 0) is 19.3 Å². The summed E-state index contributed by atoms with van der Waals surface area (Å²) < 4.78 is 1.49. The normalized spacial score (nSPS) is 10.6. The molecule has 102 valence electrons. The lowest BCUT2D eigenvalue weighted by Gasteiger charge is -2.16. The van der Waals surface area contributed by atoms with Gasteiger partial charge in [-0.1, -0.05) is 5.21 Å². The van der Waals surface area contributed by atoms with Crippen LogP contribution in [0, 0.1) is 0 Å². The van der Waals surface area contributed by atoms with Gasteiger partial charge in [0.1, 0.15) is 6.54 Å². The van der Waals surface area contributed by atoms with Crippen molar-refractivity contribution in [3.05, 3.63) is 11.9 Å². The minimum atomic E-state index is -0.00697. The third-order valence-electron chi connectivity index (χ3n) is 2.67. The summed E-state index contributed by atoms with van der Waals surface area (Å²) >= 11 is 0. The highest BCUT2D eigenvalue weighted by Gasteiger charge is 2.10. The Labute approximate surface area is 107 Å². The standard InChI is InChI=1S/C11H21N5O2/c1-15(5-3-2-4-6-17)11(18)9-16-8-10(7-12)13-14-16/h8,17H,2-7,9,12H2,1H3. The van der Waals surface area contributed by atoms with Gasteiger partial charge in [0.15, 0.2) is 0 Å². The first-order valence-corrected chi connectivity index (χ1v) is 6.11. The summed E-state index contributed by atoms with van der Waals surface area (Å²) in [6.45, 7) is 1.41. The summed E-state index contributed by atoms with van der Waals surface area (Å²) in [5.74, 6) is -0.00697. The number of unbranched alkanes of at least 4 members (excludes halogenated alkanes) is 2. The van der Waals surface area contributed by atoms with Crippen LogP contribution < -0.4 is 5.73 Å². The first-order valence-electron chi connectivity index (χ1n) is 6.11. The van der Waals surface area contributed by atoms with E-state index in [2.05, 4.69) is 10.3 Å². The van der Waals surface area contributed by atoms with Crippen LogP contribution in [-0.4, -0.2) is 51.1 Å². The van der Waals surface area contributed by atoms with Crippen LogP contribution in [0.2, 0.25) is 0 Å². The fourth-order valence-electron chi connectivity index (χ4n) is 1.53. The highest BCUT2D eigenvalue weighted by Crippen LogP contribution is 1.99. The first-order chi connectivity index (χ1) is 8.67. The zero-order valence-corrected chi connectivity index (χ0v) is 10.7. The summed E-state index contributed by atoms with van der Waals surface area (Å²) in [5, 5.41) is 16.3. The molecule has 18 heavy (non-hydrogen) atoms. The lowest BCUT2D eigenvalue weighted by Crippen LogP contribution is -2.31. The van der Waals surface area contributed by atoms with Crippen LogP contribution in [0.3, 0.4) is 0 Å². The number of nitrogens with zero attached hydrogens (tertiary/aromatic N) is 4. The van der Waals surface area contributed by atoms with Crippen molar-refractivity contribution in [2.75, 3.05) is 20.2 Å². The summed E-state index contributed by atoms with van der Waals surface area (Å²) in [5.41, 5.74) is 6.09. The Morgan fingerprint density at radius 3 is 2.89 bits per heavy atom. The first kappa shape index (κ1) is 14.6. The van der Waals surface area contributed by atoms with E-state index in [1.54, 1.807) is 18.1 Å². The number of likely N-dealkylation sites (N-methyl/N-ethyl adjacent to an activating group) is 1. The van der Waals surface area contributed by atoms with Crippen LogP contribution in [-0.2, 0) is 17.9 Å². The van der Waals surface area contributed by atoms with E-state index in [0.717, 1.165) is 19.3 Å². The largest absolute Gasteiger partial charge is 0.396 e. The maximum atomic E-state index is 11.8. The Morgan fingerprint density at radius 1 is 1.50 bits per heavy atom. The summed E-state index contributed by atoms with van der Waals surface area (Å²) in [6.07, 6.45) is 4.28. The van der Waals surface area contributed by atoms with Crippen molar-refractivity contribution in [2.24, 2.45) is 5.73 Å². The lowest BCUT2D eigenvalue weighted by molar-refractivity contribution is -0.130. The SMILES string of the molecule is CN(CCCCCO)C(=O)Cn1cc(CN)nn1. The van der Waals surface area contributed by atoms with Gasteiger partial charge in [0.25, 0.3) is 0 Å². The van der Waals surface area contributed by atoms with Crippen LogP contribution in [0.1, 0.15) is 25.0 Å². The van der Waals surface area contributed by atoms with E-state index in [1.165, 1.54) is 4.68 Å². The molecule has 0 saturated heterocycles. The minimum Gasteiger partial charge on any atom is -0.396 e.